The Morgan fingerprint density at radius 1 is 0.837 bits per heavy atom. The van der Waals surface area contributed by atoms with Crippen molar-refractivity contribution in [1.29, 1.82) is 0 Å². The summed E-state index contributed by atoms with van der Waals surface area (Å²) in [6.45, 7) is -0.466. The predicted octanol–water partition coefficient (Wildman–Crippen LogP) is 7.15. The van der Waals surface area contributed by atoms with Crippen LogP contribution in [0, 0.1) is 20.2 Å². The minimum atomic E-state index is -4.30. The second-order valence-electron chi connectivity index (χ2n) is 8.86. The second-order valence-corrected chi connectivity index (χ2v) is 8.86. The summed E-state index contributed by atoms with van der Waals surface area (Å²) in [5.74, 6) is -0.852. The summed E-state index contributed by atoms with van der Waals surface area (Å²) in [4.78, 5) is 32.5. The summed E-state index contributed by atoms with van der Waals surface area (Å²) in [7, 11) is 0. The van der Waals surface area contributed by atoms with Gasteiger partial charge in [0.05, 0.1) is 34.7 Å². The molecular formula is C28H23F5N2O8. The number of carbonyl (C=O) groups is 1. The lowest BCUT2D eigenvalue weighted by atomic mass is 10.1. The molecule has 15 heteroatoms. The lowest BCUT2D eigenvalue weighted by molar-refractivity contribution is -0.394. The van der Waals surface area contributed by atoms with Gasteiger partial charge in [-0.15, -0.1) is 0 Å². The van der Waals surface area contributed by atoms with Crippen LogP contribution in [0.1, 0.15) is 29.5 Å². The number of benzene rings is 3. The highest BCUT2D eigenvalue weighted by Gasteiger charge is 2.34. The van der Waals surface area contributed by atoms with Gasteiger partial charge in [-0.1, -0.05) is 12.1 Å². The fourth-order valence-corrected chi connectivity index (χ4v) is 3.58. The van der Waals surface area contributed by atoms with E-state index < -0.39 is 51.5 Å². The second kappa shape index (κ2) is 14.2. The normalized spacial score (nSPS) is 11.7. The Labute approximate surface area is 240 Å². The van der Waals surface area contributed by atoms with Gasteiger partial charge in [0.15, 0.2) is 0 Å². The van der Waals surface area contributed by atoms with Gasteiger partial charge in [-0.3, -0.25) is 20.2 Å². The lowest BCUT2D eigenvalue weighted by Crippen LogP contribution is -2.21. The van der Waals surface area contributed by atoms with E-state index in [1.807, 2.05) is 0 Å². The van der Waals surface area contributed by atoms with Crippen molar-refractivity contribution in [3.05, 3.63) is 110 Å². The van der Waals surface area contributed by atoms with Crippen LogP contribution < -0.4 is 9.47 Å². The monoisotopic (exact) mass is 610 g/mol. The predicted molar refractivity (Wildman–Crippen MR) is 142 cm³/mol. The Kier molecular flexibility index (Phi) is 10.7. The van der Waals surface area contributed by atoms with E-state index in [4.69, 9.17) is 14.2 Å². The molecule has 0 saturated heterocycles. The Morgan fingerprint density at radius 3 is 2.09 bits per heavy atom. The quantitative estimate of drug-likeness (QED) is 0.0470. The van der Waals surface area contributed by atoms with E-state index in [-0.39, 0.29) is 43.1 Å². The van der Waals surface area contributed by atoms with E-state index in [9.17, 15) is 47.0 Å². The van der Waals surface area contributed by atoms with Crippen molar-refractivity contribution in [3.8, 4) is 11.5 Å². The van der Waals surface area contributed by atoms with Gasteiger partial charge in [0, 0.05) is 30.5 Å². The number of esters is 1. The number of carbonyl (C=O) groups excluding carboxylic acids is 1. The molecule has 0 atom stereocenters. The van der Waals surface area contributed by atoms with Crippen LogP contribution >= 0.6 is 0 Å². The largest absolute Gasteiger partial charge is 0.494 e. The summed E-state index contributed by atoms with van der Waals surface area (Å²) in [5.41, 5.74) is -0.855. The van der Waals surface area contributed by atoms with Gasteiger partial charge in [0.25, 0.3) is 11.4 Å². The highest BCUT2D eigenvalue weighted by molar-refractivity contribution is 5.87. The maximum Gasteiger partial charge on any atom is 0.426 e. The van der Waals surface area contributed by atoms with Crippen molar-refractivity contribution in [3.63, 3.8) is 0 Å². The molecule has 0 N–H and O–H groups in total. The molecule has 0 saturated carbocycles. The molecule has 0 aliphatic rings. The highest BCUT2D eigenvalue weighted by atomic mass is 19.4. The van der Waals surface area contributed by atoms with Gasteiger partial charge in [0.2, 0.25) is 0 Å². The minimum absolute atomic E-state index is 0.0636. The number of ether oxygens (including phenoxy) is 3. The average Bonchev–Trinajstić information content (AvgIpc) is 2.94. The van der Waals surface area contributed by atoms with Crippen molar-refractivity contribution in [1.82, 2.24) is 0 Å². The maximum atomic E-state index is 14.6. The Bertz CT molecular complexity index is 1460. The van der Waals surface area contributed by atoms with Crippen LogP contribution in [-0.2, 0) is 22.1 Å². The van der Waals surface area contributed by atoms with E-state index in [0.717, 1.165) is 30.3 Å². The summed E-state index contributed by atoms with van der Waals surface area (Å²) in [6, 6.07) is 12.9. The first kappa shape index (κ1) is 32.4. The van der Waals surface area contributed by atoms with E-state index in [2.05, 4.69) is 0 Å². The van der Waals surface area contributed by atoms with Crippen molar-refractivity contribution in [2.45, 2.75) is 31.5 Å². The van der Waals surface area contributed by atoms with Crippen molar-refractivity contribution >= 4 is 23.4 Å². The highest BCUT2D eigenvalue weighted by Crippen LogP contribution is 2.33. The Hall–Kier alpha value is -5.08. The molecule has 3 aromatic carbocycles. The molecule has 3 aromatic rings. The van der Waals surface area contributed by atoms with Crippen LogP contribution in [0.2, 0.25) is 0 Å². The van der Waals surface area contributed by atoms with Crippen LogP contribution in [0.25, 0.3) is 6.08 Å². The summed E-state index contributed by atoms with van der Waals surface area (Å²) in [5, 5.41) is 22.0. The van der Waals surface area contributed by atoms with Crippen LogP contribution in [0.3, 0.4) is 0 Å². The number of non-ortho nitro benzene ring substituents is 1. The van der Waals surface area contributed by atoms with Gasteiger partial charge in [0.1, 0.15) is 11.5 Å². The summed E-state index contributed by atoms with van der Waals surface area (Å²) >= 11 is 0. The molecule has 10 nitrogen and oxygen atoms in total. The molecule has 0 aliphatic carbocycles. The number of halogens is 5. The number of hydrogen-bond donors (Lipinski definition) is 0. The molecule has 0 fully saturated rings. The van der Waals surface area contributed by atoms with E-state index >= 15 is 0 Å². The topological polar surface area (TPSA) is 131 Å². The molecular weight excluding hydrogens is 587 g/mol. The molecule has 0 spiro atoms. The van der Waals surface area contributed by atoms with Crippen molar-refractivity contribution in [2.24, 2.45) is 0 Å². The first-order chi connectivity index (χ1) is 20.2. The van der Waals surface area contributed by atoms with E-state index in [1.54, 1.807) is 0 Å². The van der Waals surface area contributed by atoms with E-state index in [0.29, 0.717) is 5.56 Å². The number of rotatable bonds is 14. The molecule has 0 heterocycles. The van der Waals surface area contributed by atoms with Crippen molar-refractivity contribution < 1.29 is 50.8 Å². The Morgan fingerprint density at radius 2 is 1.49 bits per heavy atom. The molecule has 0 bridgehead atoms. The molecule has 0 aromatic heterocycles. The Balaban J connectivity index is 1.49. The van der Waals surface area contributed by atoms with E-state index in [1.165, 1.54) is 48.5 Å². The molecule has 0 aliphatic heterocycles. The van der Waals surface area contributed by atoms with Crippen LogP contribution in [-0.4, -0.2) is 35.2 Å². The van der Waals surface area contributed by atoms with Crippen LogP contribution in [0.4, 0.5) is 33.3 Å². The first-order valence-corrected chi connectivity index (χ1v) is 12.5. The first-order valence-electron chi connectivity index (χ1n) is 12.5. The van der Waals surface area contributed by atoms with Crippen LogP contribution in [0.15, 0.2) is 72.8 Å². The zero-order chi connectivity index (χ0) is 31.6. The molecule has 0 amide bonds. The number of nitrogens with zero attached hydrogens (tertiary/aromatic N) is 2. The van der Waals surface area contributed by atoms with Crippen LogP contribution in [0.5, 0.6) is 11.5 Å². The average molecular weight is 610 g/mol. The zero-order valence-corrected chi connectivity index (χ0v) is 22.1. The number of nitro groups is 2. The fourth-order valence-electron chi connectivity index (χ4n) is 3.58. The number of hydrogen-bond acceptors (Lipinski definition) is 8. The maximum absolute atomic E-state index is 14.6. The lowest BCUT2D eigenvalue weighted by Gasteiger charge is -2.18. The fraction of sp³-hybridized carbons (Fsp3) is 0.250. The summed E-state index contributed by atoms with van der Waals surface area (Å²) < 4.78 is 80.7. The SMILES string of the molecule is O=C(C=Cc1ccc(OC(F)(F)c2ccc(OCCCC(F)(F)F)cc2)cc1)OCCc1ccc([N+](=O)[O-])cc1[N+](=O)[O-]. The third-order valence-corrected chi connectivity index (χ3v) is 5.69. The van der Waals surface area contributed by atoms with Gasteiger partial charge in [-0.05, 0) is 60.5 Å². The third-order valence-electron chi connectivity index (χ3n) is 5.69. The van der Waals surface area contributed by atoms with Crippen molar-refractivity contribution in [2.75, 3.05) is 13.2 Å². The molecule has 3 rings (SSSR count). The van der Waals surface area contributed by atoms with Gasteiger partial charge in [-0.2, -0.15) is 22.0 Å². The zero-order valence-electron chi connectivity index (χ0n) is 22.1. The number of alkyl halides is 5. The molecule has 0 radical (unpaired) electrons. The smallest absolute Gasteiger partial charge is 0.426 e. The minimum Gasteiger partial charge on any atom is -0.494 e. The van der Waals surface area contributed by atoms with Gasteiger partial charge >= 0.3 is 18.3 Å². The molecule has 0 unspecified atom stereocenters. The van der Waals surface area contributed by atoms with Gasteiger partial charge < -0.3 is 14.2 Å². The third kappa shape index (κ3) is 10.4. The summed E-state index contributed by atoms with van der Waals surface area (Å²) in [6.07, 6.45) is -7.00. The number of nitro benzene ring substituents is 2. The molecule has 228 valence electrons. The molecule has 43 heavy (non-hydrogen) atoms. The van der Waals surface area contributed by atoms with Gasteiger partial charge in [-0.25, -0.2) is 4.79 Å². The standard InChI is InChI=1S/C28H23F5N2O8/c29-27(30,31)15-1-16-41-23-11-6-21(7-12-23)28(32,33)43-24-9-2-19(3-10-24)4-13-26(36)42-17-14-20-5-8-22(34(37)38)18-25(20)35(39)40/h2-13,18H,1,14-17H2.